The van der Waals surface area contributed by atoms with Gasteiger partial charge in [-0.15, -0.1) is 21.5 Å². The summed E-state index contributed by atoms with van der Waals surface area (Å²) in [4.78, 5) is 16.2. The molecule has 1 fully saturated rings. The van der Waals surface area contributed by atoms with E-state index in [2.05, 4.69) is 68.5 Å². The number of aromatic nitrogens is 3. The molecule has 1 N–H and O–H groups in total. The fourth-order valence-corrected chi connectivity index (χ4v) is 5.38. The Hall–Kier alpha value is -2.36. The third kappa shape index (κ3) is 5.90. The number of aryl methyl sites for hydroxylation is 2. The molecule has 0 spiro atoms. The van der Waals surface area contributed by atoms with E-state index in [-0.39, 0.29) is 23.9 Å². The van der Waals surface area contributed by atoms with Gasteiger partial charge in [-0.05, 0) is 62.9 Å². The number of hydrogen-bond acceptors (Lipinski definition) is 7. The summed E-state index contributed by atoms with van der Waals surface area (Å²) in [7, 11) is 0. The summed E-state index contributed by atoms with van der Waals surface area (Å²) < 4.78 is 7.89. The van der Waals surface area contributed by atoms with Crippen LogP contribution in [0, 0.1) is 6.92 Å². The van der Waals surface area contributed by atoms with Crippen LogP contribution in [-0.2, 0) is 22.5 Å². The van der Waals surface area contributed by atoms with Gasteiger partial charge in [0.05, 0.1) is 18.0 Å². The monoisotopic (exact) mass is 471 g/mol. The molecule has 0 radical (unpaired) electrons. The number of carbonyl (C=O) groups is 1. The highest BCUT2D eigenvalue weighted by atomic mass is 32.2. The fourth-order valence-electron chi connectivity index (χ4n) is 3.87. The smallest absolute Gasteiger partial charge is 0.234 e. The van der Waals surface area contributed by atoms with Crippen LogP contribution < -0.4 is 10.2 Å². The second-order valence-electron chi connectivity index (χ2n) is 8.06. The van der Waals surface area contributed by atoms with Crippen molar-refractivity contribution >= 4 is 40.4 Å². The molecule has 2 aromatic heterocycles. The van der Waals surface area contributed by atoms with Crippen molar-refractivity contribution < 1.29 is 9.53 Å². The third-order valence-corrected chi connectivity index (χ3v) is 7.23. The number of carbonyl (C=O) groups excluding carboxylic acids is 1. The fraction of sp³-hybridized carbons (Fsp3) is 0.435. The molecule has 0 saturated carbocycles. The van der Waals surface area contributed by atoms with Crippen LogP contribution in [0.5, 0.6) is 0 Å². The molecule has 0 aliphatic carbocycles. The maximum atomic E-state index is 12.5. The maximum absolute atomic E-state index is 12.5. The topological polar surface area (TPSA) is 72.3 Å². The Morgan fingerprint density at radius 1 is 1.19 bits per heavy atom. The van der Waals surface area contributed by atoms with Gasteiger partial charge < -0.3 is 19.5 Å². The number of ether oxygens (including phenoxy) is 1. The number of nitrogens with zero attached hydrogens (tertiary/aromatic N) is 4. The highest BCUT2D eigenvalue weighted by molar-refractivity contribution is 7.99. The van der Waals surface area contributed by atoms with Crippen molar-refractivity contribution in [2.24, 2.45) is 0 Å². The molecule has 3 heterocycles. The summed E-state index contributed by atoms with van der Waals surface area (Å²) in [5.74, 6) is 1.10. The number of rotatable bonds is 8. The number of amides is 1. The standard InChI is InChI=1S/C23H29N5O2S2/c1-16-13-27(14-17(2)30-16)20-8-6-19(7-9-20)24-22(29)15-32-23-26-25-18(3)28(23)11-10-21-5-4-12-31-21/h4-9,12,16-17H,10-11,13-15H2,1-3H3,(H,24,29). The Morgan fingerprint density at radius 2 is 1.94 bits per heavy atom. The van der Waals surface area contributed by atoms with Crippen LogP contribution in [0.2, 0.25) is 0 Å². The van der Waals surface area contributed by atoms with Crippen molar-refractivity contribution in [2.45, 2.75) is 51.1 Å². The summed E-state index contributed by atoms with van der Waals surface area (Å²) in [5.41, 5.74) is 1.94. The van der Waals surface area contributed by atoms with Crippen LogP contribution >= 0.6 is 23.1 Å². The predicted octanol–water partition coefficient (Wildman–Crippen LogP) is 4.24. The quantitative estimate of drug-likeness (QED) is 0.496. The van der Waals surface area contributed by atoms with Gasteiger partial charge in [0.15, 0.2) is 5.16 Å². The van der Waals surface area contributed by atoms with Crippen LogP contribution in [0.3, 0.4) is 0 Å². The zero-order valence-electron chi connectivity index (χ0n) is 18.7. The SMILES string of the molecule is Cc1nnc(SCC(=O)Nc2ccc(N3CC(C)OC(C)C3)cc2)n1CCc1cccs1. The molecule has 1 amide bonds. The highest BCUT2D eigenvalue weighted by Gasteiger charge is 2.22. The number of benzene rings is 1. The lowest BCUT2D eigenvalue weighted by atomic mass is 10.2. The summed E-state index contributed by atoms with van der Waals surface area (Å²) in [6.07, 6.45) is 1.36. The van der Waals surface area contributed by atoms with Crippen molar-refractivity contribution in [2.75, 3.05) is 29.1 Å². The maximum Gasteiger partial charge on any atom is 0.234 e. The summed E-state index contributed by atoms with van der Waals surface area (Å²) >= 11 is 3.17. The molecule has 1 saturated heterocycles. The zero-order valence-corrected chi connectivity index (χ0v) is 20.3. The van der Waals surface area contributed by atoms with Gasteiger partial charge in [-0.3, -0.25) is 4.79 Å². The molecular weight excluding hydrogens is 442 g/mol. The molecule has 170 valence electrons. The molecule has 9 heteroatoms. The van der Waals surface area contributed by atoms with Gasteiger partial charge >= 0.3 is 0 Å². The predicted molar refractivity (Wildman–Crippen MR) is 131 cm³/mol. The molecule has 4 rings (SSSR count). The Labute approximate surface area is 197 Å². The summed E-state index contributed by atoms with van der Waals surface area (Å²) in [5, 5.41) is 14.3. The molecule has 1 aliphatic rings. The molecule has 2 atom stereocenters. The Kier molecular flexibility index (Phi) is 7.49. The average molecular weight is 472 g/mol. The number of thioether (sulfide) groups is 1. The number of morpholine rings is 1. The van der Waals surface area contributed by atoms with E-state index in [0.717, 1.165) is 48.4 Å². The van der Waals surface area contributed by atoms with Crippen molar-refractivity contribution in [3.8, 4) is 0 Å². The van der Waals surface area contributed by atoms with Crippen LogP contribution in [0.25, 0.3) is 0 Å². The van der Waals surface area contributed by atoms with E-state index in [4.69, 9.17) is 4.74 Å². The minimum atomic E-state index is -0.0539. The lowest BCUT2D eigenvalue weighted by Crippen LogP contribution is -2.45. The second kappa shape index (κ2) is 10.5. The first-order valence-corrected chi connectivity index (χ1v) is 12.7. The lowest BCUT2D eigenvalue weighted by molar-refractivity contribution is -0.113. The van der Waals surface area contributed by atoms with Gasteiger partial charge in [-0.1, -0.05) is 17.8 Å². The average Bonchev–Trinajstić information content (AvgIpc) is 3.40. The van der Waals surface area contributed by atoms with Crippen molar-refractivity contribution in [1.29, 1.82) is 0 Å². The molecule has 3 aromatic rings. The van der Waals surface area contributed by atoms with Gasteiger partial charge in [-0.2, -0.15) is 0 Å². The summed E-state index contributed by atoms with van der Waals surface area (Å²) in [6, 6.07) is 12.2. The van der Waals surface area contributed by atoms with Crippen LogP contribution in [0.1, 0.15) is 24.5 Å². The van der Waals surface area contributed by atoms with Gasteiger partial charge in [0, 0.05) is 35.9 Å². The largest absolute Gasteiger partial charge is 0.372 e. The summed E-state index contributed by atoms with van der Waals surface area (Å²) in [6.45, 7) is 8.70. The van der Waals surface area contributed by atoms with Crippen molar-refractivity contribution in [3.63, 3.8) is 0 Å². The van der Waals surface area contributed by atoms with E-state index < -0.39 is 0 Å². The van der Waals surface area contributed by atoms with Gasteiger partial charge in [0.2, 0.25) is 5.91 Å². The first-order valence-electron chi connectivity index (χ1n) is 10.8. The molecule has 0 bridgehead atoms. The van der Waals surface area contributed by atoms with Crippen LogP contribution in [-0.4, -0.2) is 51.7 Å². The minimum absolute atomic E-state index is 0.0539. The first-order chi connectivity index (χ1) is 15.5. The van der Waals surface area contributed by atoms with E-state index in [0.29, 0.717) is 0 Å². The van der Waals surface area contributed by atoms with E-state index in [1.165, 1.54) is 16.6 Å². The third-order valence-electron chi connectivity index (χ3n) is 5.33. The van der Waals surface area contributed by atoms with E-state index in [9.17, 15) is 4.79 Å². The number of anilines is 2. The minimum Gasteiger partial charge on any atom is -0.372 e. The highest BCUT2D eigenvalue weighted by Crippen LogP contribution is 2.23. The molecule has 1 aliphatic heterocycles. The Morgan fingerprint density at radius 3 is 2.62 bits per heavy atom. The lowest BCUT2D eigenvalue weighted by Gasteiger charge is -2.36. The second-order valence-corrected chi connectivity index (χ2v) is 10.0. The molecule has 1 aromatic carbocycles. The molecular formula is C23H29N5O2S2. The van der Waals surface area contributed by atoms with Gasteiger partial charge in [0.25, 0.3) is 0 Å². The van der Waals surface area contributed by atoms with E-state index >= 15 is 0 Å². The Bertz CT molecular complexity index is 1010. The van der Waals surface area contributed by atoms with Crippen molar-refractivity contribution in [3.05, 3.63) is 52.5 Å². The van der Waals surface area contributed by atoms with Gasteiger partial charge in [-0.25, -0.2) is 0 Å². The van der Waals surface area contributed by atoms with E-state index in [1.54, 1.807) is 11.3 Å². The first kappa shape index (κ1) is 22.8. The zero-order chi connectivity index (χ0) is 22.5. The molecule has 32 heavy (non-hydrogen) atoms. The van der Waals surface area contributed by atoms with Gasteiger partial charge in [0.1, 0.15) is 5.82 Å². The van der Waals surface area contributed by atoms with Crippen molar-refractivity contribution in [1.82, 2.24) is 14.8 Å². The van der Waals surface area contributed by atoms with E-state index in [1.807, 2.05) is 19.1 Å². The molecule has 7 nitrogen and oxygen atoms in total. The van der Waals surface area contributed by atoms with Crippen LogP contribution in [0.4, 0.5) is 11.4 Å². The van der Waals surface area contributed by atoms with Crippen LogP contribution in [0.15, 0.2) is 46.9 Å². The normalized spacial score (nSPS) is 18.7. The number of nitrogens with one attached hydrogen (secondary N) is 1. The Balaban J connectivity index is 1.29. The molecule has 2 unspecified atom stereocenters. The number of hydrogen-bond donors (Lipinski definition) is 1. The number of thiophene rings is 1.